The number of ether oxygens (including phenoxy) is 1. The summed E-state index contributed by atoms with van der Waals surface area (Å²) in [4.78, 5) is 11.7. The molecule has 1 aliphatic heterocycles. The number of nitrogens with one attached hydrogen (secondary N) is 1. The Hall–Kier alpha value is -1.44. The summed E-state index contributed by atoms with van der Waals surface area (Å²) in [6.07, 6.45) is 0. The Bertz CT molecular complexity index is 600. The topological polar surface area (TPSA) is 75.7 Å². The van der Waals surface area contributed by atoms with Crippen LogP contribution in [-0.4, -0.2) is 51.5 Å². The van der Waals surface area contributed by atoms with Crippen LogP contribution in [0.3, 0.4) is 0 Å². The largest absolute Gasteiger partial charge is 0.465 e. The summed E-state index contributed by atoms with van der Waals surface area (Å²) >= 11 is 0. The van der Waals surface area contributed by atoms with Crippen molar-refractivity contribution in [3.63, 3.8) is 0 Å². The van der Waals surface area contributed by atoms with Gasteiger partial charge in [-0.05, 0) is 19.1 Å². The number of nitrogens with zero attached hydrogens (tertiary/aromatic N) is 1. The van der Waals surface area contributed by atoms with E-state index in [1.807, 2.05) is 6.92 Å². The highest BCUT2D eigenvalue weighted by Crippen LogP contribution is 2.22. The van der Waals surface area contributed by atoms with Gasteiger partial charge in [-0.15, -0.1) is 0 Å². The molecule has 2 rings (SSSR count). The van der Waals surface area contributed by atoms with Crippen molar-refractivity contribution in [1.82, 2.24) is 9.62 Å². The smallest absolute Gasteiger partial charge is 0.339 e. The van der Waals surface area contributed by atoms with Crippen molar-refractivity contribution < 1.29 is 17.9 Å². The molecular weight excluding hydrogens is 280 g/mol. The second-order valence-corrected chi connectivity index (χ2v) is 6.61. The summed E-state index contributed by atoms with van der Waals surface area (Å²) in [6, 6.07) is 6.21. The highest BCUT2D eigenvalue weighted by atomic mass is 32.2. The summed E-state index contributed by atoms with van der Waals surface area (Å²) in [5.41, 5.74) is 0.0705. The van der Waals surface area contributed by atoms with E-state index in [-0.39, 0.29) is 16.5 Å². The van der Waals surface area contributed by atoms with Crippen LogP contribution in [0.4, 0.5) is 0 Å². The predicted molar refractivity (Wildman–Crippen MR) is 74.0 cm³/mol. The molecule has 0 bridgehead atoms. The minimum absolute atomic E-state index is 0.000880. The summed E-state index contributed by atoms with van der Waals surface area (Å²) in [5.74, 6) is -0.646. The lowest BCUT2D eigenvalue weighted by Crippen LogP contribution is -2.51. The summed E-state index contributed by atoms with van der Waals surface area (Å²) in [5, 5.41) is 3.19. The van der Waals surface area contributed by atoms with Gasteiger partial charge in [0.05, 0.1) is 17.6 Å². The van der Waals surface area contributed by atoms with E-state index in [1.165, 1.54) is 23.5 Å². The Kier molecular flexibility index (Phi) is 4.42. The van der Waals surface area contributed by atoms with Crippen molar-refractivity contribution in [2.24, 2.45) is 0 Å². The molecule has 0 spiro atoms. The molecule has 110 valence electrons. The minimum atomic E-state index is -3.69. The van der Waals surface area contributed by atoms with Crippen molar-refractivity contribution in [3.8, 4) is 0 Å². The van der Waals surface area contributed by atoms with Crippen LogP contribution < -0.4 is 5.32 Å². The van der Waals surface area contributed by atoms with Crippen LogP contribution in [0.2, 0.25) is 0 Å². The van der Waals surface area contributed by atoms with Crippen LogP contribution in [0.25, 0.3) is 0 Å². The van der Waals surface area contributed by atoms with Gasteiger partial charge < -0.3 is 10.1 Å². The van der Waals surface area contributed by atoms with Crippen molar-refractivity contribution in [1.29, 1.82) is 0 Å². The fourth-order valence-corrected chi connectivity index (χ4v) is 3.93. The van der Waals surface area contributed by atoms with Gasteiger partial charge in [-0.3, -0.25) is 0 Å². The molecule has 1 atom stereocenters. The van der Waals surface area contributed by atoms with E-state index in [4.69, 9.17) is 0 Å². The average Bonchev–Trinajstić information content (AvgIpc) is 2.46. The maximum absolute atomic E-state index is 12.7. The number of esters is 1. The Morgan fingerprint density at radius 2 is 2.10 bits per heavy atom. The van der Waals surface area contributed by atoms with Gasteiger partial charge in [0, 0.05) is 25.7 Å². The van der Waals surface area contributed by atoms with Crippen LogP contribution in [0.5, 0.6) is 0 Å². The van der Waals surface area contributed by atoms with E-state index in [9.17, 15) is 13.2 Å². The molecule has 7 heteroatoms. The molecule has 1 N–H and O–H groups in total. The molecule has 1 aromatic rings. The molecule has 0 aromatic heterocycles. The Labute approximate surface area is 118 Å². The van der Waals surface area contributed by atoms with E-state index in [1.54, 1.807) is 12.1 Å². The SMILES string of the molecule is COC(=O)c1ccccc1S(=O)(=O)N1CCNC(C)C1. The molecule has 1 aliphatic rings. The van der Waals surface area contributed by atoms with Crippen molar-refractivity contribution >= 4 is 16.0 Å². The predicted octanol–water partition coefficient (Wildman–Crippen LogP) is 0.456. The highest BCUT2D eigenvalue weighted by molar-refractivity contribution is 7.89. The van der Waals surface area contributed by atoms with Gasteiger partial charge >= 0.3 is 5.97 Å². The summed E-state index contributed by atoms with van der Waals surface area (Å²) < 4.78 is 31.4. The number of methoxy groups -OCH3 is 1. The lowest BCUT2D eigenvalue weighted by molar-refractivity contribution is 0.0596. The number of hydrogen-bond donors (Lipinski definition) is 1. The average molecular weight is 298 g/mol. The number of carbonyl (C=O) groups excluding carboxylic acids is 1. The third kappa shape index (κ3) is 2.84. The molecule has 20 heavy (non-hydrogen) atoms. The third-order valence-electron chi connectivity index (χ3n) is 3.24. The lowest BCUT2D eigenvalue weighted by Gasteiger charge is -2.31. The fraction of sp³-hybridized carbons (Fsp3) is 0.462. The van der Waals surface area contributed by atoms with Gasteiger partial charge in [0.2, 0.25) is 10.0 Å². The first kappa shape index (κ1) is 15.0. The number of sulfonamides is 1. The fourth-order valence-electron chi connectivity index (χ4n) is 2.22. The van der Waals surface area contributed by atoms with Crippen LogP contribution in [0.15, 0.2) is 29.2 Å². The van der Waals surface area contributed by atoms with Crippen LogP contribution in [-0.2, 0) is 14.8 Å². The monoisotopic (exact) mass is 298 g/mol. The molecular formula is C13H18N2O4S. The zero-order valence-electron chi connectivity index (χ0n) is 11.5. The molecule has 0 saturated carbocycles. The van der Waals surface area contributed by atoms with Gasteiger partial charge in [0.15, 0.2) is 0 Å². The second-order valence-electron chi connectivity index (χ2n) is 4.71. The van der Waals surface area contributed by atoms with E-state index < -0.39 is 16.0 Å². The number of benzene rings is 1. The normalized spacial score (nSPS) is 20.6. The van der Waals surface area contributed by atoms with E-state index in [2.05, 4.69) is 10.1 Å². The molecule has 1 aromatic carbocycles. The Morgan fingerprint density at radius 1 is 1.40 bits per heavy atom. The quantitative estimate of drug-likeness (QED) is 0.820. The molecule has 6 nitrogen and oxygen atoms in total. The lowest BCUT2D eigenvalue weighted by atomic mass is 10.2. The van der Waals surface area contributed by atoms with Crippen LogP contribution in [0.1, 0.15) is 17.3 Å². The van der Waals surface area contributed by atoms with Crippen molar-refractivity contribution in [2.75, 3.05) is 26.7 Å². The summed E-state index contributed by atoms with van der Waals surface area (Å²) in [7, 11) is -2.45. The molecule has 1 unspecified atom stereocenters. The Balaban J connectivity index is 2.41. The Morgan fingerprint density at radius 3 is 2.75 bits per heavy atom. The van der Waals surface area contributed by atoms with Gasteiger partial charge in [-0.25, -0.2) is 13.2 Å². The van der Waals surface area contributed by atoms with Crippen LogP contribution in [0, 0.1) is 0 Å². The summed E-state index contributed by atoms with van der Waals surface area (Å²) in [6.45, 7) is 3.30. The number of carbonyl (C=O) groups is 1. The van der Waals surface area contributed by atoms with Gasteiger partial charge in [-0.1, -0.05) is 12.1 Å². The van der Waals surface area contributed by atoms with Gasteiger partial charge in [-0.2, -0.15) is 4.31 Å². The van der Waals surface area contributed by atoms with Gasteiger partial charge in [0.25, 0.3) is 0 Å². The molecule has 1 saturated heterocycles. The molecule has 0 amide bonds. The first-order chi connectivity index (χ1) is 9.46. The number of piperazine rings is 1. The third-order valence-corrected chi connectivity index (χ3v) is 5.16. The van der Waals surface area contributed by atoms with Crippen LogP contribution >= 0.6 is 0 Å². The second kappa shape index (κ2) is 5.90. The molecule has 0 aliphatic carbocycles. The maximum atomic E-state index is 12.7. The zero-order valence-corrected chi connectivity index (χ0v) is 12.3. The number of hydrogen-bond acceptors (Lipinski definition) is 5. The maximum Gasteiger partial charge on any atom is 0.339 e. The molecule has 0 radical (unpaired) electrons. The first-order valence-corrected chi connectivity index (χ1v) is 7.81. The van der Waals surface area contributed by atoms with Gasteiger partial charge in [0.1, 0.15) is 0 Å². The first-order valence-electron chi connectivity index (χ1n) is 6.37. The highest BCUT2D eigenvalue weighted by Gasteiger charge is 2.31. The molecule has 1 heterocycles. The minimum Gasteiger partial charge on any atom is -0.465 e. The van der Waals surface area contributed by atoms with E-state index >= 15 is 0 Å². The number of rotatable bonds is 3. The standard InChI is InChI=1S/C13H18N2O4S/c1-10-9-15(8-7-14-10)20(17,18)12-6-4-3-5-11(12)13(16)19-2/h3-6,10,14H,7-9H2,1-2H3. The zero-order chi connectivity index (χ0) is 14.8. The van der Waals surface area contributed by atoms with Crippen molar-refractivity contribution in [3.05, 3.63) is 29.8 Å². The van der Waals surface area contributed by atoms with E-state index in [0.29, 0.717) is 19.6 Å². The van der Waals surface area contributed by atoms with Crippen molar-refractivity contribution in [2.45, 2.75) is 17.9 Å². The van der Waals surface area contributed by atoms with E-state index in [0.717, 1.165) is 0 Å². The molecule has 1 fully saturated rings.